The van der Waals surface area contributed by atoms with Crippen molar-refractivity contribution in [3.63, 3.8) is 0 Å². The van der Waals surface area contributed by atoms with Gasteiger partial charge in [0.05, 0.1) is 0 Å². The molecule has 0 saturated carbocycles. The number of β-lactam (4-membered cyclic amide) rings is 1. The van der Waals surface area contributed by atoms with E-state index >= 15 is 0 Å². The largest absolute Gasteiger partial charge is 0.457 e. The molecule has 0 aliphatic carbocycles. The summed E-state index contributed by atoms with van der Waals surface area (Å²) in [4.78, 5) is 67.4. The van der Waals surface area contributed by atoms with Gasteiger partial charge in [0, 0.05) is 27.0 Å². The Balaban J connectivity index is 0.985. The Bertz CT molecular complexity index is 2630. The lowest BCUT2D eigenvalue weighted by Gasteiger charge is -2.49. The monoisotopic (exact) mass is 905 g/mol. The lowest BCUT2D eigenvalue weighted by atomic mass is 9.77. The van der Waals surface area contributed by atoms with E-state index in [9.17, 15) is 19.2 Å². The molecule has 3 aliphatic rings. The van der Waals surface area contributed by atoms with E-state index in [0.29, 0.717) is 14.9 Å². The second-order valence-corrected chi connectivity index (χ2v) is 17.9. The normalized spacial score (nSPS) is 17.2. The number of hydrogen-bond acceptors (Lipinski definition) is 13. The Hall–Kier alpha value is -6.94. The molecule has 2 atom stereocenters. The number of ether oxygens (including phenoxy) is 2. The summed E-state index contributed by atoms with van der Waals surface area (Å²) in [6.45, 7) is 0.0495. The van der Waals surface area contributed by atoms with Gasteiger partial charge in [-0.25, -0.2) is 14.6 Å². The second kappa shape index (κ2) is 18.8. The number of nitrogens with zero attached hydrogens (tertiary/aromatic N) is 3. The Labute approximate surface area is 381 Å². The van der Waals surface area contributed by atoms with Crippen LogP contribution in [0.4, 0.5) is 5.13 Å². The van der Waals surface area contributed by atoms with Gasteiger partial charge in [-0.15, -0.1) is 23.1 Å². The van der Waals surface area contributed by atoms with E-state index < -0.39 is 46.8 Å². The first-order chi connectivity index (χ1) is 31.3. The van der Waals surface area contributed by atoms with Crippen LogP contribution in [0.25, 0.3) is 0 Å². The average Bonchev–Trinajstić information content (AvgIpc) is 3.99. The van der Waals surface area contributed by atoms with Gasteiger partial charge in [-0.2, -0.15) is 0 Å². The molecule has 0 spiro atoms. The van der Waals surface area contributed by atoms with E-state index in [2.05, 4.69) is 52.2 Å². The molecular weight excluding hydrogens is 867 g/mol. The molecular formula is C49H39N5O7S3. The molecule has 5 aromatic carbocycles. The number of carbonyl (C=O) groups excluding carboxylic acids is 4. The number of fused-ring (bicyclic) bond motifs is 1. The molecule has 0 radical (unpaired) electrons. The molecule has 6 aromatic rings. The minimum Gasteiger partial charge on any atom is -0.457 e. The Morgan fingerprint density at radius 3 is 1.89 bits per heavy atom. The van der Waals surface area contributed by atoms with Gasteiger partial charge >= 0.3 is 11.9 Å². The third kappa shape index (κ3) is 8.44. The highest BCUT2D eigenvalue weighted by molar-refractivity contribution is 8.09. The second-order valence-electron chi connectivity index (χ2n) is 14.7. The number of amides is 2. The number of anilines is 1. The van der Waals surface area contributed by atoms with Crippen molar-refractivity contribution in [3.8, 4) is 0 Å². The molecule has 1 aromatic heterocycles. The van der Waals surface area contributed by atoms with Crippen LogP contribution in [0, 0.1) is 0 Å². The number of thioether (sulfide) groups is 2. The van der Waals surface area contributed by atoms with Crippen molar-refractivity contribution in [1.82, 2.24) is 15.2 Å². The van der Waals surface area contributed by atoms with Gasteiger partial charge < -0.3 is 24.9 Å². The van der Waals surface area contributed by atoms with Gasteiger partial charge in [0.2, 0.25) is 0 Å². The first-order valence-electron chi connectivity index (χ1n) is 20.2. The number of cyclic esters (lactones) is 1. The van der Waals surface area contributed by atoms with Crippen molar-refractivity contribution in [2.24, 2.45) is 5.16 Å². The first-order valence-corrected chi connectivity index (χ1v) is 22.9. The fourth-order valence-corrected chi connectivity index (χ4v) is 11.1. The van der Waals surface area contributed by atoms with Crippen LogP contribution in [0.5, 0.6) is 0 Å². The fraction of sp³-hybridized carbons (Fsp3) is 0.143. The standard InChI is InChI=1S/C49H39N5O7S3/c1-59-53-40(37-29-63-48(50-37)52-49(33-21-11-4-12-22-33,34-23-13-5-14-24-34)35-25-15-6-16-26-35)44(56)51-41-45(57)54-42(38(30-62-46(41)54)64-36-27-39(55)60-28-36)47(58)61-43(31-17-7-2-8-18-31)32-19-9-3-10-20-32/h2-27,29,41,43,46H,28,30H2,1H3,(H,50,52)(H,51,56)/b53-40-/t41-,46-/m1/s1. The smallest absolute Gasteiger partial charge is 0.356 e. The zero-order chi connectivity index (χ0) is 44.0. The molecule has 3 aliphatic heterocycles. The predicted molar refractivity (Wildman–Crippen MR) is 248 cm³/mol. The highest BCUT2D eigenvalue weighted by Gasteiger charge is 2.55. The first kappa shape index (κ1) is 42.4. The lowest BCUT2D eigenvalue weighted by molar-refractivity contribution is -0.154. The SMILES string of the molecule is CO/N=C(\C(=O)N[C@@H]1C(=O)N2C(C(=O)OC(c3ccccc3)c3ccccc3)=C(SC3=CC(=O)OC3)CS[C@H]12)c1csc(NC(c2ccccc2)(c2ccccc2)c2ccccc2)n1. The summed E-state index contributed by atoms with van der Waals surface area (Å²) in [5, 5.41) is 12.2. The molecule has 12 nitrogen and oxygen atoms in total. The van der Waals surface area contributed by atoms with Gasteiger partial charge in [0.1, 0.15) is 42.1 Å². The maximum Gasteiger partial charge on any atom is 0.356 e. The summed E-state index contributed by atoms with van der Waals surface area (Å²) < 4.78 is 11.4. The van der Waals surface area contributed by atoms with Crippen molar-refractivity contribution in [2.45, 2.75) is 23.1 Å². The molecule has 9 rings (SSSR count). The minimum absolute atomic E-state index is 0.0427. The van der Waals surface area contributed by atoms with Gasteiger partial charge in [-0.3, -0.25) is 14.5 Å². The predicted octanol–water partition coefficient (Wildman–Crippen LogP) is 8.02. The lowest BCUT2D eigenvalue weighted by Crippen LogP contribution is -2.71. The van der Waals surface area contributed by atoms with Crippen LogP contribution < -0.4 is 10.6 Å². The number of oxime groups is 1. The number of hydrogen-bond donors (Lipinski definition) is 2. The van der Waals surface area contributed by atoms with E-state index in [4.69, 9.17) is 19.3 Å². The molecule has 1 saturated heterocycles. The summed E-state index contributed by atoms with van der Waals surface area (Å²) in [6, 6.07) is 47.8. The summed E-state index contributed by atoms with van der Waals surface area (Å²) >= 11 is 3.87. The number of benzene rings is 5. The van der Waals surface area contributed by atoms with Gasteiger partial charge in [-0.05, 0) is 27.8 Å². The Morgan fingerprint density at radius 1 is 0.828 bits per heavy atom. The highest BCUT2D eigenvalue weighted by atomic mass is 32.2. The summed E-state index contributed by atoms with van der Waals surface area (Å²) in [5.41, 5.74) is 3.67. The summed E-state index contributed by atoms with van der Waals surface area (Å²) in [6.07, 6.45) is 0.587. The molecule has 320 valence electrons. The molecule has 0 unspecified atom stereocenters. The van der Waals surface area contributed by atoms with Crippen LogP contribution in [0.1, 0.15) is 39.6 Å². The molecule has 1 fully saturated rings. The average molecular weight is 906 g/mol. The Kier molecular flexibility index (Phi) is 12.4. The van der Waals surface area contributed by atoms with Gasteiger partial charge in [0.25, 0.3) is 11.8 Å². The van der Waals surface area contributed by atoms with Crippen LogP contribution in [0.2, 0.25) is 0 Å². The molecule has 15 heteroatoms. The van der Waals surface area contributed by atoms with Crippen LogP contribution in [-0.2, 0) is 39.0 Å². The summed E-state index contributed by atoms with van der Waals surface area (Å²) in [5.74, 6) is -2.13. The summed E-state index contributed by atoms with van der Waals surface area (Å²) in [7, 11) is 1.33. The quantitative estimate of drug-likeness (QED) is 0.0340. The number of aromatic nitrogens is 1. The zero-order valence-corrected chi connectivity index (χ0v) is 36.6. The number of carbonyl (C=O) groups is 4. The molecule has 2 amide bonds. The van der Waals surface area contributed by atoms with Crippen LogP contribution in [0.15, 0.2) is 184 Å². The Morgan fingerprint density at radius 2 is 1.38 bits per heavy atom. The van der Waals surface area contributed by atoms with Crippen molar-refractivity contribution >= 4 is 69.5 Å². The third-order valence-corrected chi connectivity index (χ3v) is 14.1. The maximum atomic E-state index is 14.5. The van der Waals surface area contributed by atoms with Crippen LogP contribution in [0.3, 0.4) is 0 Å². The van der Waals surface area contributed by atoms with Crippen molar-refractivity contribution in [1.29, 1.82) is 0 Å². The van der Waals surface area contributed by atoms with Crippen LogP contribution >= 0.6 is 34.9 Å². The van der Waals surface area contributed by atoms with E-state index in [0.717, 1.165) is 27.8 Å². The van der Waals surface area contributed by atoms with Crippen LogP contribution in [-0.4, -0.2) is 70.2 Å². The number of rotatable bonds is 15. The molecule has 64 heavy (non-hydrogen) atoms. The van der Waals surface area contributed by atoms with Crippen molar-refractivity contribution in [3.05, 3.63) is 212 Å². The number of nitrogens with one attached hydrogen (secondary N) is 2. The van der Waals surface area contributed by atoms with E-state index in [1.165, 1.54) is 52.9 Å². The third-order valence-electron chi connectivity index (χ3n) is 10.8. The van der Waals surface area contributed by atoms with Gasteiger partial charge in [-0.1, -0.05) is 169 Å². The maximum absolute atomic E-state index is 14.5. The van der Waals surface area contributed by atoms with E-state index in [1.54, 1.807) is 5.38 Å². The number of thiazole rings is 1. The minimum atomic E-state index is -1.03. The fourth-order valence-electron chi connectivity index (χ4n) is 7.87. The highest BCUT2D eigenvalue weighted by Crippen LogP contribution is 2.47. The topological polar surface area (TPSA) is 149 Å². The van der Waals surface area contributed by atoms with E-state index in [1.807, 2.05) is 115 Å². The number of esters is 2. The molecule has 2 N–H and O–H groups in total. The zero-order valence-electron chi connectivity index (χ0n) is 34.2. The van der Waals surface area contributed by atoms with Crippen molar-refractivity contribution in [2.75, 3.05) is 24.8 Å². The van der Waals surface area contributed by atoms with Gasteiger partial charge in [0.15, 0.2) is 16.9 Å². The molecule has 4 heterocycles. The van der Waals surface area contributed by atoms with Crippen molar-refractivity contribution < 1.29 is 33.5 Å². The van der Waals surface area contributed by atoms with E-state index in [-0.39, 0.29) is 29.5 Å². The molecule has 0 bridgehead atoms.